The molecule has 0 bridgehead atoms. The highest BCUT2D eigenvalue weighted by atomic mass is 15.4. The molecule has 0 radical (unpaired) electrons. The zero-order chi connectivity index (χ0) is 17.3. The van der Waals surface area contributed by atoms with Crippen LogP contribution < -0.4 is 16.4 Å². The lowest BCUT2D eigenvalue weighted by atomic mass is 9.87. The van der Waals surface area contributed by atoms with Gasteiger partial charge in [0.2, 0.25) is 11.9 Å². The van der Waals surface area contributed by atoms with Gasteiger partial charge in [-0.2, -0.15) is 4.99 Å². The Kier molecular flexibility index (Phi) is 3.83. The Hall–Kier alpha value is -2.96. The molecule has 1 saturated carbocycles. The van der Waals surface area contributed by atoms with Crippen LogP contribution in [0.2, 0.25) is 0 Å². The van der Waals surface area contributed by atoms with Gasteiger partial charge in [0.1, 0.15) is 5.66 Å². The van der Waals surface area contributed by atoms with Crippen molar-refractivity contribution < 1.29 is 0 Å². The summed E-state index contributed by atoms with van der Waals surface area (Å²) in [6.07, 6.45) is 8.70. The quantitative estimate of drug-likeness (QED) is 0.875. The van der Waals surface area contributed by atoms with Crippen LogP contribution in [-0.4, -0.2) is 27.5 Å². The van der Waals surface area contributed by atoms with Crippen molar-refractivity contribution in [1.29, 1.82) is 0 Å². The van der Waals surface area contributed by atoms with Gasteiger partial charge in [-0.1, -0.05) is 18.6 Å². The van der Waals surface area contributed by atoms with E-state index in [1.807, 2.05) is 29.2 Å². The van der Waals surface area contributed by atoms with E-state index in [9.17, 15) is 0 Å². The summed E-state index contributed by atoms with van der Waals surface area (Å²) in [7, 11) is 0. The van der Waals surface area contributed by atoms with Crippen molar-refractivity contribution in [3.05, 3.63) is 42.7 Å². The number of aromatic nitrogens is 2. The van der Waals surface area contributed by atoms with Gasteiger partial charge in [-0.05, 0) is 43.9 Å². The predicted molar refractivity (Wildman–Crippen MR) is 99.0 cm³/mol. The molecule has 7 heteroatoms. The summed E-state index contributed by atoms with van der Waals surface area (Å²) in [5, 5.41) is 0. The van der Waals surface area contributed by atoms with Crippen molar-refractivity contribution >= 4 is 17.6 Å². The molecule has 4 rings (SSSR count). The SMILES string of the molecule is NC1=NC2(CCCCC2)N(c2cccc(-c3ncccn3)c2)C(N)=N1. The molecule has 4 N–H and O–H groups in total. The smallest absolute Gasteiger partial charge is 0.220 e. The van der Waals surface area contributed by atoms with Gasteiger partial charge in [-0.15, -0.1) is 0 Å². The number of nitrogens with two attached hydrogens (primary N) is 2. The van der Waals surface area contributed by atoms with Crippen molar-refractivity contribution in [1.82, 2.24) is 9.97 Å². The van der Waals surface area contributed by atoms with Crippen molar-refractivity contribution in [3.63, 3.8) is 0 Å². The van der Waals surface area contributed by atoms with Gasteiger partial charge in [0, 0.05) is 23.6 Å². The first-order valence-electron chi connectivity index (χ1n) is 8.55. The average Bonchev–Trinajstić information content (AvgIpc) is 2.63. The van der Waals surface area contributed by atoms with E-state index < -0.39 is 5.66 Å². The topological polar surface area (TPSA) is 106 Å². The minimum absolute atomic E-state index is 0.262. The highest BCUT2D eigenvalue weighted by Crippen LogP contribution is 2.40. The third kappa shape index (κ3) is 2.82. The molecular formula is C18H21N7. The molecule has 7 nitrogen and oxygen atoms in total. The number of anilines is 1. The Bertz CT molecular complexity index is 822. The Morgan fingerprint density at radius 2 is 1.72 bits per heavy atom. The minimum atomic E-state index is -0.440. The lowest BCUT2D eigenvalue weighted by Crippen LogP contribution is -2.58. The fourth-order valence-corrected chi connectivity index (χ4v) is 3.73. The molecule has 1 aliphatic heterocycles. The van der Waals surface area contributed by atoms with E-state index >= 15 is 0 Å². The van der Waals surface area contributed by atoms with Crippen LogP contribution in [0.5, 0.6) is 0 Å². The molecule has 2 aliphatic rings. The number of rotatable bonds is 2. The molecule has 1 spiro atoms. The summed E-state index contributed by atoms with van der Waals surface area (Å²) in [5.41, 5.74) is 13.6. The van der Waals surface area contributed by atoms with Crippen molar-refractivity contribution in [3.8, 4) is 11.4 Å². The predicted octanol–water partition coefficient (Wildman–Crippen LogP) is 2.25. The standard InChI is InChI=1S/C18H21N7/c19-16-23-17(20)25(18(24-16)8-2-1-3-9-18)14-7-4-6-13(12-14)15-21-10-5-11-22-15/h4-7,10-12H,1-3,8-9H2,(H4,19,20,23,24). The maximum Gasteiger partial charge on any atom is 0.220 e. The van der Waals surface area contributed by atoms with Crippen molar-refractivity contribution in [2.75, 3.05) is 4.90 Å². The van der Waals surface area contributed by atoms with Gasteiger partial charge in [0.25, 0.3) is 0 Å². The van der Waals surface area contributed by atoms with E-state index in [2.05, 4.69) is 15.0 Å². The van der Waals surface area contributed by atoms with E-state index in [1.165, 1.54) is 6.42 Å². The largest absolute Gasteiger partial charge is 0.369 e. The van der Waals surface area contributed by atoms with Crippen LogP contribution in [0.1, 0.15) is 32.1 Å². The highest BCUT2D eigenvalue weighted by Gasteiger charge is 2.42. The van der Waals surface area contributed by atoms with Gasteiger partial charge < -0.3 is 11.5 Å². The highest BCUT2D eigenvalue weighted by molar-refractivity contribution is 6.05. The Morgan fingerprint density at radius 3 is 2.48 bits per heavy atom. The van der Waals surface area contributed by atoms with Crippen molar-refractivity contribution in [2.24, 2.45) is 21.5 Å². The van der Waals surface area contributed by atoms with Gasteiger partial charge >= 0.3 is 0 Å². The zero-order valence-electron chi connectivity index (χ0n) is 14.0. The monoisotopic (exact) mass is 335 g/mol. The molecule has 25 heavy (non-hydrogen) atoms. The molecule has 1 aromatic heterocycles. The van der Waals surface area contributed by atoms with Crippen LogP contribution in [-0.2, 0) is 0 Å². The fraction of sp³-hybridized carbons (Fsp3) is 0.333. The second-order valence-corrected chi connectivity index (χ2v) is 6.44. The second kappa shape index (κ2) is 6.16. The van der Waals surface area contributed by atoms with E-state index in [-0.39, 0.29) is 5.96 Å². The van der Waals surface area contributed by atoms with Gasteiger partial charge in [0.05, 0.1) is 0 Å². The third-order valence-electron chi connectivity index (χ3n) is 4.78. The minimum Gasteiger partial charge on any atom is -0.369 e. The summed E-state index contributed by atoms with van der Waals surface area (Å²) >= 11 is 0. The Labute approximate surface area is 146 Å². The molecular weight excluding hydrogens is 314 g/mol. The van der Waals surface area contributed by atoms with Gasteiger partial charge in [-0.25, -0.2) is 15.0 Å². The van der Waals surface area contributed by atoms with E-state index in [0.717, 1.165) is 36.9 Å². The lowest BCUT2D eigenvalue weighted by Gasteiger charge is -2.45. The Balaban J connectivity index is 1.78. The number of hydrogen-bond donors (Lipinski definition) is 2. The van der Waals surface area contributed by atoms with E-state index in [4.69, 9.17) is 16.5 Å². The number of nitrogens with zero attached hydrogens (tertiary/aromatic N) is 5. The second-order valence-electron chi connectivity index (χ2n) is 6.44. The molecule has 1 fully saturated rings. The number of hydrogen-bond acceptors (Lipinski definition) is 7. The molecule has 0 amide bonds. The molecule has 128 valence electrons. The molecule has 1 aromatic carbocycles. The Morgan fingerprint density at radius 1 is 0.960 bits per heavy atom. The zero-order valence-corrected chi connectivity index (χ0v) is 14.0. The molecule has 2 aromatic rings. The first-order chi connectivity index (χ1) is 12.2. The van der Waals surface area contributed by atoms with Gasteiger partial charge in [0.15, 0.2) is 5.82 Å². The summed E-state index contributed by atoms with van der Waals surface area (Å²) in [5.74, 6) is 1.33. The number of benzene rings is 1. The fourth-order valence-electron chi connectivity index (χ4n) is 3.73. The van der Waals surface area contributed by atoms with Crippen LogP contribution in [0, 0.1) is 0 Å². The molecule has 2 heterocycles. The van der Waals surface area contributed by atoms with Crippen molar-refractivity contribution in [2.45, 2.75) is 37.8 Å². The summed E-state index contributed by atoms with van der Waals surface area (Å²) < 4.78 is 0. The van der Waals surface area contributed by atoms with Gasteiger partial charge in [-0.3, -0.25) is 4.90 Å². The maximum absolute atomic E-state index is 6.28. The molecule has 1 aliphatic carbocycles. The average molecular weight is 335 g/mol. The van der Waals surface area contributed by atoms with Crippen LogP contribution >= 0.6 is 0 Å². The van der Waals surface area contributed by atoms with Crippen LogP contribution in [0.15, 0.2) is 52.7 Å². The first kappa shape index (κ1) is 15.6. The van der Waals surface area contributed by atoms with Crippen LogP contribution in [0.25, 0.3) is 11.4 Å². The summed E-state index contributed by atoms with van der Waals surface area (Å²) in [6.45, 7) is 0. The maximum atomic E-state index is 6.28. The summed E-state index contributed by atoms with van der Waals surface area (Å²) in [4.78, 5) is 19.6. The first-order valence-corrected chi connectivity index (χ1v) is 8.55. The number of guanidine groups is 2. The van der Waals surface area contributed by atoms with E-state index in [1.54, 1.807) is 18.5 Å². The third-order valence-corrected chi connectivity index (χ3v) is 4.78. The normalized spacial score (nSPS) is 19.4. The van der Waals surface area contributed by atoms with Crippen LogP contribution in [0.4, 0.5) is 5.69 Å². The molecule has 0 saturated heterocycles. The summed E-state index contributed by atoms with van der Waals surface area (Å²) in [6, 6.07) is 9.82. The lowest BCUT2D eigenvalue weighted by molar-refractivity contribution is 0.305. The van der Waals surface area contributed by atoms with E-state index in [0.29, 0.717) is 11.8 Å². The number of aliphatic imine (C=N–C) groups is 2. The molecule has 0 unspecified atom stereocenters. The van der Waals surface area contributed by atoms with Crippen LogP contribution in [0.3, 0.4) is 0 Å². The molecule has 0 atom stereocenters.